The number of para-hydroxylation sites is 3. The van der Waals surface area contributed by atoms with Gasteiger partial charge >= 0.3 is 0 Å². The zero-order chi connectivity index (χ0) is 38.8. The van der Waals surface area contributed by atoms with Gasteiger partial charge in [-0.05, 0) is 87.8 Å². The number of fused-ring (bicyclic) bond motifs is 7. The summed E-state index contributed by atoms with van der Waals surface area (Å²) < 4.78 is 0. The zero-order valence-electron chi connectivity index (χ0n) is 31.4. The molecule has 11 rings (SSSR count). The van der Waals surface area contributed by atoms with Crippen LogP contribution in [0.25, 0.3) is 5.57 Å². The number of nitriles is 2. The van der Waals surface area contributed by atoms with E-state index in [2.05, 4.69) is 198 Å². The van der Waals surface area contributed by atoms with Crippen molar-refractivity contribution in [3.8, 4) is 12.1 Å². The Kier molecular flexibility index (Phi) is 7.88. The second-order valence-corrected chi connectivity index (χ2v) is 16.1. The Bertz CT molecular complexity index is 2890. The van der Waals surface area contributed by atoms with Gasteiger partial charge in [-0.1, -0.05) is 145 Å². The zero-order valence-corrected chi connectivity index (χ0v) is 32.2. The van der Waals surface area contributed by atoms with Gasteiger partial charge in [-0.3, -0.25) is 0 Å². The Hall–Kier alpha value is -7.27. The van der Waals surface area contributed by atoms with Crippen LogP contribution in [0.15, 0.2) is 214 Å². The second-order valence-electron chi connectivity index (χ2n) is 15.1. The lowest BCUT2D eigenvalue weighted by Gasteiger charge is -2.44. The highest BCUT2D eigenvalue weighted by Gasteiger charge is 2.48. The van der Waals surface area contributed by atoms with Crippen molar-refractivity contribution in [1.82, 2.24) is 0 Å². The van der Waals surface area contributed by atoms with Crippen LogP contribution in [-0.4, -0.2) is 6.04 Å². The molecule has 5 aliphatic rings. The standard InChI is InChI=1S/C53H34N4S/c54-33-35(34-55)52-41-17-4-7-19-44(41)53(45-20-8-5-18-42(45)52,37-28-31-47-43(32-37)40-16-6-9-21-46(40)56(47)38-14-2-1-3-15-38)36-26-29-39(30-27-36)57-48-22-10-12-24-50(48)58-51-25-13-11-23-49(51)57/h1-25,28-32,40,46H,26H2. The molecule has 0 aromatic heterocycles. The SMILES string of the molecule is N#CC(C#N)=C1c2ccccc2C(C2=C=CC(N3c4ccccc4Sc4ccccc43)=CC2)(c2ccc3c(c2)C2C=CC=CC2N3c2ccccc2)c2ccccc21. The fourth-order valence-corrected chi connectivity index (χ4v) is 11.0. The molecular weight excluding hydrogens is 725 g/mol. The van der Waals surface area contributed by atoms with Gasteiger partial charge in [0, 0.05) is 38.7 Å². The minimum absolute atomic E-state index is 0.110. The van der Waals surface area contributed by atoms with E-state index in [-0.39, 0.29) is 17.5 Å². The highest BCUT2D eigenvalue weighted by Crippen LogP contribution is 2.58. The number of rotatable bonds is 4. The first-order valence-electron chi connectivity index (χ1n) is 19.6. The highest BCUT2D eigenvalue weighted by atomic mass is 32.2. The summed E-state index contributed by atoms with van der Waals surface area (Å²) >= 11 is 1.81. The van der Waals surface area contributed by atoms with Crippen molar-refractivity contribution in [2.75, 3.05) is 9.80 Å². The van der Waals surface area contributed by atoms with E-state index in [0.717, 1.165) is 56.1 Å². The summed E-state index contributed by atoms with van der Waals surface area (Å²) in [4.78, 5) is 7.27. The minimum Gasteiger partial charge on any atom is -0.333 e. The van der Waals surface area contributed by atoms with Crippen molar-refractivity contribution < 1.29 is 0 Å². The van der Waals surface area contributed by atoms with E-state index < -0.39 is 5.41 Å². The van der Waals surface area contributed by atoms with Crippen LogP contribution in [0, 0.1) is 22.7 Å². The monoisotopic (exact) mass is 758 g/mol. The Morgan fingerprint density at radius 2 is 1.29 bits per heavy atom. The van der Waals surface area contributed by atoms with E-state index >= 15 is 0 Å². The van der Waals surface area contributed by atoms with Crippen LogP contribution in [0.2, 0.25) is 0 Å². The maximum atomic E-state index is 10.4. The largest absolute Gasteiger partial charge is 0.333 e. The maximum Gasteiger partial charge on any atom is 0.138 e. The molecule has 272 valence electrons. The molecule has 0 amide bonds. The van der Waals surface area contributed by atoms with E-state index in [1.165, 1.54) is 21.0 Å². The molecule has 0 spiro atoms. The maximum absolute atomic E-state index is 10.4. The van der Waals surface area contributed by atoms with Gasteiger partial charge in [0.15, 0.2) is 0 Å². The summed E-state index contributed by atoms with van der Waals surface area (Å²) in [5.41, 5.74) is 17.1. The number of nitrogens with zero attached hydrogens (tertiary/aromatic N) is 4. The molecule has 2 heterocycles. The molecule has 4 nitrogen and oxygen atoms in total. The smallest absolute Gasteiger partial charge is 0.138 e. The predicted octanol–water partition coefficient (Wildman–Crippen LogP) is 12.6. The van der Waals surface area contributed by atoms with Gasteiger partial charge in [0.25, 0.3) is 0 Å². The van der Waals surface area contributed by atoms with Gasteiger partial charge in [-0.2, -0.15) is 10.5 Å². The van der Waals surface area contributed by atoms with Gasteiger partial charge in [-0.25, -0.2) is 0 Å². The van der Waals surface area contributed by atoms with E-state index in [1.54, 1.807) is 11.8 Å². The first-order chi connectivity index (χ1) is 28.7. The molecule has 0 saturated carbocycles. The lowest BCUT2D eigenvalue weighted by atomic mass is 9.57. The first kappa shape index (κ1) is 34.0. The fraction of sp³-hybridized carbons (Fsp3) is 0.0755. The third-order valence-electron chi connectivity index (χ3n) is 12.2. The normalized spacial score (nSPS) is 20.3. The third kappa shape index (κ3) is 4.89. The Morgan fingerprint density at radius 1 is 0.672 bits per heavy atom. The van der Waals surface area contributed by atoms with E-state index in [4.69, 9.17) is 0 Å². The van der Waals surface area contributed by atoms with E-state index in [9.17, 15) is 10.5 Å². The molecule has 3 aliphatic carbocycles. The van der Waals surface area contributed by atoms with Gasteiger partial charge < -0.3 is 9.80 Å². The molecule has 58 heavy (non-hydrogen) atoms. The summed E-state index contributed by atoms with van der Waals surface area (Å²) in [7, 11) is 0. The fourth-order valence-electron chi connectivity index (χ4n) is 9.91. The summed E-state index contributed by atoms with van der Waals surface area (Å²) in [6.45, 7) is 0. The lowest BCUT2D eigenvalue weighted by molar-refractivity contribution is 0.690. The van der Waals surface area contributed by atoms with Crippen LogP contribution >= 0.6 is 11.8 Å². The molecule has 0 fully saturated rings. The van der Waals surface area contributed by atoms with Crippen molar-refractivity contribution in [1.29, 1.82) is 10.5 Å². The Morgan fingerprint density at radius 3 is 1.95 bits per heavy atom. The molecule has 2 atom stereocenters. The van der Waals surface area contributed by atoms with Gasteiger partial charge in [0.1, 0.15) is 17.7 Å². The molecule has 0 bridgehead atoms. The highest BCUT2D eigenvalue weighted by molar-refractivity contribution is 7.99. The summed E-state index contributed by atoms with van der Waals surface area (Å²) in [6.07, 6.45) is 14.1. The number of hydrogen-bond acceptors (Lipinski definition) is 5. The first-order valence-corrected chi connectivity index (χ1v) is 20.4. The second kappa shape index (κ2) is 13.4. The van der Waals surface area contributed by atoms with E-state index in [1.807, 2.05) is 12.1 Å². The Balaban J connectivity index is 1.18. The van der Waals surface area contributed by atoms with Gasteiger partial charge in [0.05, 0.1) is 28.5 Å². The minimum atomic E-state index is -0.794. The van der Waals surface area contributed by atoms with Crippen LogP contribution in [0.3, 0.4) is 0 Å². The third-order valence-corrected chi connectivity index (χ3v) is 13.4. The quantitative estimate of drug-likeness (QED) is 0.132. The molecule has 0 saturated heterocycles. The number of benzene rings is 6. The van der Waals surface area contributed by atoms with E-state index in [0.29, 0.717) is 12.0 Å². The summed E-state index contributed by atoms with van der Waals surface area (Å²) in [6, 6.07) is 56.3. The van der Waals surface area contributed by atoms with Gasteiger partial charge in [-0.15, -0.1) is 5.73 Å². The molecule has 6 aromatic rings. The predicted molar refractivity (Wildman–Crippen MR) is 233 cm³/mol. The molecule has 0 N–H and O–H groups in total. The number of anilines is 4. The van der Waals surface area contributed by atoms with Crippen molar-refractivity contribution >= 4 is 40.1 Å². The number of hydrogen-bond donors (Lipinski definition) is 0. The van der Waals surface area contributed by atoms with Crippen molar-refractivity contribution in [3.05, 3.63) is 238 Å². The molecule has 2 aliphatic heterocycles. The molecule has 5 heteroatoms. The average Bonchev–Trinajstić information content (AvgIpc) is 3.62. The average molecular weight is 759 g/mol. The number of allylic oxidation sites excluding steroid dienone is 5. The molecule has 6 aromatic carbocycles. The van der Waals surface area contributed by atoms with Crippen LogP contribution in [0.5, 0.6) is 0 Å². The van der Waals surface area contributed by atoms with Crippen molar-refractivity contribution in [2.24, 2.45) is 0 Å². The molecule has 2 unspecified atom stereocenters. The van der Waals surface area contributed by atoms with Crippen LogP contribution in [0.4, 0.5) is 22.7 Å². The molecular formula is C53H34N4S. The summed E-state index contributed by atoms with van der Waals surface area (Å²) in [5, 5.41) is 20.7. The summed E-state index contributed by atoms with van der Waals surface area (Å²) in [5.74, 6) is 0.157. The lowest BCUT2D eigenvalue weighted by Crippen LogP contribution is -2.37. The van der Waals surface area contributed by atoms with Crippen LogP contribution in [-0.2, 0) is 5.41 Å². The van der Waals surface area contributed by atoms with Crippen LogP contribution in [0.1, 0.15) is 45.7 Å². The molecule has 0 radical (unpaired) electrons. The van der Waals surface area contributed by atoms with Crippen molar-refractivity contribution in [3.63, 3.8) is 0 Å². The topological polar surface area (TPSA) is 54.1 Å². The van der Waals surface area contributed by atoms with Crippen LogP contribution < -0.4 is 9.80 Å². The Labute approximate surface area is 342 Å². The van der Waals surface area contributed by atoms with Crippen molar-refractivity contribution in [2.45, 2.75) is 33.6 Å². The van der Waals surface area contributed by atoms with Gasteiger partial charge in [0.2, 0.25) is 0 Å².